The number of unbranched alkanes of at least 4 members (excludes halogenated alkanes) is 4. The average molecular weight is 440 g/mol. The fourth-order valence-corrected chi connectivity index (χ4v) is 3.53. The average Bonchev–Trinajstić information content (AvgIpc) is 2.76. The van der Waals surface area contributed by atoms with Crippen LogP contribution in [0.1, 0.15) is 76.8 Å². The molecule has 0 radical (unpaired) electrons. The molecule has 0 atom stereocenters. The van der Waals surface area contributed by atoms with E-state index >= 15 is 0 Å². The first kappa shape index (κ1) is 25.8. The minimum absolute atomic E-state index is 0.0148. The van der Waals surface area contributed by atoms with Gasteiger partial charge in [0, 0.05) is 17.2 Å². The van der Waals surface area contributed by atoms with Gasteiger partial charge in [-0.2, -0.15) is 0 Å². The van der Waals surface area contributed by atoms with Crippen LogP contribution in [0.2, 0.25) is 0 Å². The Kier molecular flexibility index (Phi) is 10.6. The van der Waals surface area contributed by atoms with Crippen molar-refractivity contribution >= 4 is 11.6 Å². The van der Waals surface area contributed by atoms with E-state index in [9.17, 15) is 4.79 Å². The van der Waals surface area contributed by atoms with E-state index in [0.717, 1.165) is 42.0 Å². The number of benzene rings is 2. The molecule has 2 rings (SSSR count). The van der Waals surface area contributed by atoms with E-state index < -0.39 is 5.41 Å². The fraction of sp³-hybridized carbons (Fsp3) is 0.536. The molecule has 32 heavy (non-hydrogen) atoms. The first-order chi connectivity index (χ1) is 15.3. The van der Waals surface area contributed by atoms with Crippen molar-refractivity contribution in [1.82, 2.24) is 0 Å². The maximum Gasteiger partial charge on any atom is 0.230 e. The van der Waals surface area contributed by atoms with Gasteiger partial charge < -0.3 is 14.8 Å². The SMILES string of the molecule is CCCCCCCOc1cccc(NC(=O)C(C)(C)CCCOc2cc(C)ccc2C)c1. The molecular formula is C28H41NO3. The van der Waals surface area contributed by atoms with Gasteiger partial charge in [-0.15, -0.1) is 0 Å². The molecule has 1 N–H and O–H groups in total. The van der Waals surface area contributed by atoms with Gasteiger partial charge in [0.05, 0.1) is 13.2 Å². The molecule has 2 aromatic rings. The lowest BCUT2D eigenvalue weighted by Gasteiger charge is -2.24. The van der Waals surface area contributed by atoms with Crippen LogP contribution in [-0.4, -0.2) is 19.1 Å². The van der Waals surface area contributed by atoms with Crippen LogP contribution in [0.15, 0.2) is 42.5 Å². The Balaban J connectivity index is 1.77. The third kappa shape index (κ3) is 8.94. The summed E-state index contributed by atoms with van der Waals surface area (Å²) in [7, 11) is 0. The van der Waals surface area contributed by atoms with Gasteiger partial charge in [-0.05, 0) is 62.4 Å². The number of aryl methyl sites for hydroxylation is 2. The Labute approximate surface area is 194 Å². The molecule has 0 aliphatic carbocycles. The van der Waals surface area contributed by atoms with Gasteiger partial charge in [0.2, 0.25) is 5.91 Å². The summed E-state index contributed by atoms with van der Waals surface area (Å²) in [4.78, 5) is 12.9. The molecular weight excluding hydrogens is 398 g/mol. The molecule has 0 bridgehead atoms. The van der Waals surface area contributed by atoms with Crippen LogP contribution in [0.5, 0.6) is 11.5 Å². The number of nitrogens with one attached hydrogen (secondary N) is 1. The van der Waals surface area contributed by atoms with Gasteiger partial charge in [-0.25, -0.2) is 0 Å². The van der Waals surface area contributed by atoms with Crippen LogP contribution in [0, 0.1) is 19.3 Å². The maximum absolute atomic E-state index is 12.9. The molecule has 0 spiro atoms. The number of amides is 1. The summed E-state index contributed by atoms with van der Waals surface area (Å²) in [6, 6.07) is 13.9. The summed E-state index contributed by atoms with van der Waals surface area (Å²) >= 11 is 0. The molecule has 0 aromatic heterocycles. The van der Waals surface area contributed by atoms with Crippen molar-refractivity contribution in [2.24, 2.45) is 5.41 Å². The predicted octanol–water partition coefficient (Wildman–Crippen LogP) is 7.48. The van der Waals surface area contributed by atoms with E-state index in [1.54, 1.807) is 0 Å². The van der Waals surface area contributed by atoms with Crippen molar-refractivity contribution < 1.29 is 14.3 Å². The summed E-state index contributed by atoms with van der Waals surface area (Å²) in [5.41, 5.74) is 2.61. The summed E-state index contributed by atoms with van der Waals surface area (Å²) in [5, 5.41) is 3.06. The number of carbonyl (C=O) groups excluding carboxylic acids is 1. The van der Waals surface area contributed by atoms with E-state index in [1.165, 1.54) is 31.2 Å². The van der Waals surface area contributed by atoms with Crippen LogP contribution in [0.4, 0.5) is 5.69 Å². The first-order valence-electron chi connectivity index (χ1n) is 12.1. The quantitative estimate of drug-likeness (QED) is 0.310. The highest BCUT2D eigenvalue weighted by molar-refractivity contribution is 5.94. The van der Waals surface area contributed by atoms with E-state index in [2.05, 4.69) is 44.3 Å². The van der Waals surface area contributed by atoms with Gasteiger partial charge in [-0.1, -0.05) is 64.7 Å². The highest BCUT2D eigenvalue weighted by Gasteiger charge is 2.27. The Morgan fingerprint density at radius 3 is 2.44 bits per heavy atom. The van der Waals surface area contributed by atoms with Crippen LogP contribution in [0.3, 0.4) is 0 Å². The minimum atomic E-state index is -0.485. The van der Waals surface area contributed by atoms with Crippen molar-refractivity contribution in [3.63, 3.8) is 0 Å². The second-order valence-electron chi connectivity index (χ2n) is 9.35. The zero-order chi connectivity index (χ0) is 23.4. The van der Waals surface area contributed by atoms with Gasteiger partial charge in [-0.3, -0.25) is 4.79 Å². The first-order valence-corrected chi connectivity index (χ1v) is 12.1. The highest BCUT2D eigenvalue weighted by Crippen LogP contribution is 2.27. The largest absolute Gasteiger partial charge is 0.494 e. The van der Waals surface area contributed by atoms with Crippen molar-refractivity contribution in [2.45, 2.75) is 79.6 Å². The molecule has 0 saturated heterocycles. The predicted molar refractivity (Wildman–Crippen MR) is 134 cm³/mol. The Morgan fingerprint density at radius 2 is 1.66 bits per heavy atom. The second kappa shape index (κ2) is 13.1. The third-order valence-corrected chi connectivity index (χ3v) is 5.77. The van der Waals surface area contributed by atoms with Crippen molar-refractivity contribution in [2.75, 3.05) is 18.5 Å². The number of anilines is 1. The molecule has 176 valence electrons. The molecule has 4 nitrogen and oxygen atoms in total. The summed E-state index contributed by atoms with van der Waals surface area (Å²) in [5.74, 6) is 1.74. The zero-order valence-corrected chi connectivity index (χ0v) is 20.6. The van der Waals surface area contributed by atoms with E-state index in [0.29, 0.717) is 13.2 Å². The summed E-state index contributed by atoms with van der Waals surface area (Å²) in [6.45, 7) is 11.6. The fourth-order valence-electron chi connectivity index (χ4n) is 3.53. The van der Waals surface area contributed by atoms with Crippen molar-refractivity contribution in [3.05, 3.63) is 53.6 Å². The number of rotatable bonds is 14. The number of carbonyl (C=O) groups is 1. The monoisotopic (exact) mass is 439 g/mol. The van der Waals surface area contributed by atoms with Crippen LogP contribution < -0.4 is 14.8 Å². The lowest BCUT2D eigenvalue weighted by atomic mass is 9.87. The molecule has 4 heteroatoms. The molecule has 2 aromatic carbocycles. The molecule has 0 heterocycles. The second-order valence-corrected chi connectivity index (χ2v) is 9.35. The van der Waals surface area contributed by atoms with Crippen molar-refractivity contribution in [3.8, 4) is 11.5 Å². The molecule has 0 aliphatic heterocycles. The normalized spacial score (nSPS) is 11.3. The van der Waals surface area contributed by atoms with E-state index in [4.69, 9.17) is 9.47 Å². The third-order valence-electron chi connectivity index (χ3n) is 5.77. The van der Waals surface area contributed by atoms with Crippen molar-refractivity contribution in [1.29, 1.82) is 0 Å². The van der Waals surface area contributed by atoms with Gasteiger partial charge >= 0.3 is 0 Å². The van der Waals surface area contributed by atoms with E-state index in [1.807, 2.05) is 38.1 Å². The Bertz CT molecular complexity index is 844. The van der Waals surface area contributed by atoms with Crippen LogP contribution >= 0.6 is 0 Å². The highest BCUT2D eigenvalue weighted by atomic mass is 16.5. The topological polar surface area (TPSA) is 47.6 Å². The molecule has 0 unspecified atom stereocenters. The smallest absolute Gasteiger partial charge is 0.230 e. The van der Waals surface area contributed by atoms with Gasteiger partial charge in [0.15, 0.2) is 0 Å². The molecule has 1 amide bonds. The number of hydrogen-bond acceptors (Lipinski definition) is 3. The number of ether oxygens (including phenoxy) is 2. The summed E-state index contributed by atoms with van der Waals surface area (Å²) in [6.07, 6.45) is 7.63. The van der Waals surface area contributed by atoms with E-state index in [-0.39, 0.29) is 5.91 Å². The lowest BCUT2D eigenvalue weighted by Crippen LogP contribution is -2.31. The van der Waals surface area contributed by atoms with Crippen LogP contribution in [0.25, 0.3) is 0 Å². The molecule has 0 fully saturated rings. The molecule has 0 saturated carbocycles. The number of hydrogen-bond donors (Lipinski definition) is 1. The van der Waals surface area contributed by atoms with Gasteiger partial charge in [0.1, 0.15) is 11.5 Å². The Morgan fingerprint density at radius 1 is 0.906 bits per heavy atom. The molecule has 0 aliphatic rings. The Hall–Kier alpha value is -2.49. The summed E-state index contributed by atoms with van der Waals surface area (Å²) < 4.78 is 11.8. The minimum Gasteiger partial charge on any atom is -0.494 e. The van der Waals surface area contributed by atoms with Crippen LogP contribution in [-0.2, 0) is 4.79 Å². The lowest BCUT2D eigenvalue weighted by molar-refractivity contribution is -0.124. The zero-order valence-electron chi connectivity index (χ0n) is 20.6. The standard InChI is InChI=1S/C28H41NO3/c1-6-7-8-9-10-18-31-25-14-11-13-24(21-25)29-27(30)28(4,5)17-12-19-32-26-20-22(2)15-16-23(26)3/h11,13-16,20-21H,6-10,12,17-19H2,1-5H3,(H,29,30). The van der Waals surface area contributed by atoms with Gasteiger partial charge in [0.25, 0.3) is 0 Å². The maximum atomic E-state index is 12.9.